The van der Waals surface area contributed by atoms with E-state index >= 15 is 0 Å². The Labute approximate surface area is 128 Å². The van der Waals surface area contributed by atoms with E-state index in [1.807, 2.05) is 19.9 Å². The van der Waals surface area contributed by atoms with Crippen LogP contribution in [-0.2, 0) is 9.59 Å². The van der Waals surface area contributed by atoms with Gasteiger partial charge in [-0.05, 0) is 31.6 Å². The summed E-state index contributed by atoms with van der Waals surface area (Å²) in [5.41, 5.74) is 5.30. The number of nitrogens with two attached hydrogens (primary N) is 1. The zero-order chi connectivity index (χ0) is 16.3. The molecule has 0 unspecified atom stereocenters. The van der Waals surface area contributed by atoms with Crippen molar-refractivity contribution >= 4 is 11.8 Å². The van der Waals surface area contributed by atoms with E-state index in [2.05, 4.69) is 11.9 Å². The maximum atomic E-state index is 11.8. The van der Waals surface area contributed by atoms with Gasteiger partial charge in [0, 0.05) is 0 Å². The Morgan fingerprint density at radius 2 is 1.86 bits per heavy atom. The Kier molecular flexibility index (Phi) is 10.6. The molecule has 0 bridgehead atoms. The molecule has 4 N–H and O–H groups in total. The Morgan fingerprint density at radius 1 is 1.24 bits per heavy atom. The van der Waals surface area contributed by atoms with Gasteiger partial charge in [0.1, 0.15) is 12.1 Å². The first-order valence-electron chi connectivity index (χ1n) is 7.77. The third-order valence-corrected chi connectivity index (χ3v) is 3.31. The summed E-state index contributed by atoms with van der Waals surface area (Å²) in [6, 6.07) is -0.696. The monoisotopic (exact) mass is 298 g/mol. The molecule has 0 aromatic heterocycles. The Hall–Kier alpha value is -1.36. The number of aliphatic hydroxyl groups excluding tert-OH is 1. The maximum Gasteiger partial charge on any atom is 0.249 e. The second-order valence-electron chi connectivity index (χ2n) is 5.89. The highest BCUT2D eigenvalue weighted by Crippen LogP contribution is 2.09. The van der Waals surface area contributed by atoms with E-state index in [0.717, 1.165) is 32.1 Å². The van der Waals surface area contributed by atoms with Gasteiger partial charge in [0.2, 0.25) is 11.8 Å². The number of carbonyl (C=O) groups excluding carboxylic acids is 2. The van der Waals surface area contributed by atoms with Crippen molar-refractivity contribution < 1.29 is 14.7 Å². The Bertz CT molecular complexity index is 329. The Morgan fingerprint density at radius 3 is 2.38 bits per heavy atom. The number of hydrogen-bond donors (Lipinski definition) is 3. The predicted octanol–water partition coefficient (Wildman–Crippen LogP) is 1.89. The molecule has 5 nitrogen and oxygen atoms in total. The second-order valence-corrected chi connectivity index (χ2v) is 5.89. The zero-order valence-electron chi connectivity index (χ0n) is 13.3. The van der Waals surface area contributed by atoms with Gasteiger partial charge in [-0.25, -0.2) is 0 Å². The predicted molar refractivity (Wildman–Crippen MR) is 84.5 cm³/mol. The van der Waals surface area contributed by atoms with E-state index in [9.17, 15) is 14.7 Å². The van der Waals surface area contributed by atoms with Gasteiger partial charge in [0.15, 0.2) is 0 Å². The first-order valence-corrected chi connectivity index (χ1v) is 7.77. The van der Waals surface area contributed by atoms with E-state index in [1.54, 1.807) is 0 Å². The van der Waals surface area contributed by atoms with Crippen molar-refractivity contribution in [3.05, 3.63) is 12.7 Å². The molecule has 0 aliphatic rings. The molecule has 0 rings (SSSR count). The van der Waals surface area contributed by atoms with E-state index in [-0.39, 0.29) is 5.92 Å². The Balaban J connectivity index is 4.09. The van der Waals surface area contributed by atoms with E-state index in [0.29, 0.717) is 12.8 Å². The van der Waals surface area contributed by atoms with Gasteiger partial charge < -0.3 is 16.2 Å². The van der Waals surface area contributed by atoms with Gasteiger partial charge in [-0.3, -0.25) is 9.59 Å². The molecule has 0 saturated heterocycles. The molecule has 0 aromatic carbocycles. The molecule has 5 heteroatoms. The van der Waals surface area contributed by atoms with Crippen LogP contribution in [0, 0.1) is 5.92 Å². The average molecular weight is 298 g/mol. The van der Waals surface area contributed by atoms with Crippen LogP contribution in [0.1, 0.15) is 58.8 Å². The molecule has 0 aliphatic heterocycles. The fourth-order valence-electron chi connectivity index (χ4n) is 2.10. The largest absolute Gasteiger partial charge is 0.383 e. The van der Waals surface area contributed by atoms with Crippen LogP contribution in [-0.4, -0.2) is 29.1 Å². The lowest BCUT2D eigenvalue weighted by molar-refractivity contribution is -0.133. The van der Waals surface area contributed by atoms with E-state index in [4.69, 9.17) is 5.73 Å². The molecular weight excluding hydrogens is 268 g/mol. The van der Waals surface area contributed by atoms with Crippen LogP contribution in [0.5, 0.6) is 0 Å². The standard InChI is InChI=1S/C16H30N2O3/c1-4-5-6-7-8-9-10-13(15(17)20)18-16(21)14(19)11-12(2)3/h4,12-14,19H,1,5-11H2,2-3H3,(H2,17,20)(H,18,21)/t13-,14-/m1/s1. The van der Waals surface area contributed by atoms with Crippen molar-refractivity contribution in [2.45, 2.75) is 70.9 Å². The molecule has 2 amide bonds. The number of nitrogens with one attached hydrogen (secondary N) is 1. The topological polar surface area (TPSA) is 92.4 Å². The summed E-state index contributed by atoms with van der Waals surface area (Å²) in [4.78, 5) is 23.1. The van der Waals surface area contributed by atoms with Gasteiger partial charge in [-0.2, -0.15) is 0 Å². The van der Waals surface area contributed by atoms with Crippen molar-refractivity contribution in [3.63, 3.8) is 0 Å². The smallest absolute Gasteiger partial charge is 0.249 e. The highest BCUT2D eigenvalue weighted by atomic mass is 16.3. The third-order valence-electron chi connectivity index (χ3n) is 3.31. The van der Waals surface area contributed by atoms with Crippen LogP contribution in [0.2, 0.25) is 0 Å². The number of primary amides is 1. The van der Waals surface area contributed by atoms with Crippen LogP contribution in [0.3, 0.4) is 0 Å². The summed E-state index contributed by atoms with van der Waals surface area (Å²) < 4.78 is 0. The minimum absolute atomic E-state index is 0.211. The zero-order valence-corrected chi connectivity index (χ0v) is 13.3. The normalized spacial score (nSPS) is 13.7. The summed E-state index contributed by atoms with van der Waals surface area (Å²) in [6.45, 7) is 7.51. The summed E-state index contributed by atoms with van der Waals surface area (Å²) in [5, 5.41) is 12.3. The first-order chi connectivity index (χ1) is 9.88. The number of allylic oxidation sites excluding steroid dienone is 1. The van der Waals surface area contributed by atoms with Crippen molar-refractivity contribution in [1.82, 2.24) is 5.32 Å². The van der Waals surface area contributed by atoms with Gasteiger partial charge in [-0.15, -0.1) is 6.58 Å². The first kappa shape index (κ1) is 19.6. The molecule has 122 valence electrons. The van der Waals surface area contributed by atoms with Crippen LogP contribution in [0.15, 0.2) is 12.7 Å². The SMILES string of the molecule is C=CCCCCCC[C@@H](NC(=O)[C@H](O)CC(C)C)C(N)=O. The highest BCUT2D eigenvalue weighted by Gasteiger charge is 2.22. The fourth-order valence-corrected chi connectivity index (χ4v) is 2.10. The molecule has 0 heterocycles. The van der Waals surface area contributed by atoms with Crippen molar-refractivity contribution in [3.8, 4) is 0 Å². The lowest BCUT2D eigenvalue weighted by Gasteiger charge is -2.19. The van der Waals surface area contributed by atoms with Crippen molar-refractivity contribution in [1.29, 1.82) is 0 Å². The third kappa shape index (κ3) is 10.1. The summed E-state index contributed by atoms with van der Waals surface area (Å²) >= 11 is 0. The average Bonchev–Trinajstić information content (AvgIpc) is 2.39. The molecule has 0 aliphatic carbocycles. The van der Waals surface area contributed by atoms with Gasteiger partial charge in [0.25, 0.3) is 0 Å². The number of hydrogen-bond acceptors (Lipinski definition) is 3. The lowest BCUT2D eigenvalue weighted by atomic mass is 10.0. The fraction of sp³-hybridized carbons (Fsp3) is 0.750. The van der Waals surface area contributed by atoms with Crippen LogP contribution >= 0.6 is 0 Å². The number of aliphatic hydroxyl groups is 1. The second kappa shape index (κ2) is 11.3. The van der Waals surface area contributed by atoms with Crippen LogP contribution < -0.4 is 11.1 Å². The van der Waals surface area contributed by atoms with Crippen molar-refractivity contribution in [2.75, 3.05) is 0 Å². The van der Waals surface area contributed by atoms with Gasteiger partial charge in [-0.1, -0.05) is 39.2 Å². The van der Waals surface area contributed by atoms with Crippen LogP contribution in [0.25, 0.3) is 0 Å². The van der Waals surface area contributed by atoms with Crippen molar-refractivity contribution in [2.24, 2.45) is 11.7 Å². The van der Waals surface area contributed by atoms with Gasteiger partial charge in [0.05, 0.1) is 0 Å². The number of rotatable bonds is 12. The number of carbonyl (C=O) groups is 2. The molecule has 0 saturated carbocycles. The lowest BCUT2D eigenvalue weighted by Crippen LogP contribution is -2.48. The molecule has 21 heavy (non-hydrogen) atoms. The number of amides is 2. The minimum Gasteiger partial charge on any atom is -0.383 e. The maximum absolute atomic E-state index is 11.8. The number of unbranched alkanes of at least 4 members (excludes halogenated alkanes) is 4. The summed E-state index contributed by atoms with van der Waals surface area (Å²) in [5.74, 6) is -0.854. The van der Waals surface area contributed by atoms with E-state index in [1.165, 1.54) is 0 Å². The molecular formula is C16H30N2O3. The summed E-state index contributed by atoms with van der Waals surface area (Å²) in [7, 11) is 0. The molecule has 0 aromatic rings. The molecule has 0 radical (unpaired) electrons. The highest BCUT2D eigenvalue weighted by molar-refractivity contribution is 5.88. The summed E-state index contributed by atoms with van der Waals surface area (Å²) in [6.07, 6.45) is 6.67. The van der Waals surface area contributed by atoms with Gasteiger partial charge >= 0.3 is 0 Å². The molecule has 0 spiro atoms. The van der Waals surface area contributed by atoms with E-state index < -0.39 is 24.0 Å². The molecule has 2 atom stereocenters. The minimum atomic E-state index is -1.08. The quantitative estimate of drug-likeness (QED) is 0.379. The van der Waals surface area contributed by atoms with Crippen LogP contribution in [0.4, 0.5) is 0 Å². The molecule has 0 fully saturated rings.